The highest BCUT2D eigenvalue weighted by Crippen LogP contribution is 2.23. The average Bonchev–Trinajstić information content (AvgIpc) is 2.42. The van der Waals surface area contributed by atoms with Crippen molar-refractivity contribution in [3.63, 3.8) is 0 Å². The Hall–Kier alpha value is -1.24. The lowest BCUT2D eigenvalue weighted by Crippen LogP contribution is -1.93. The Morgan fingerprint density at radius 3 is 2.06 bits per heavy atom. The first kappa shape index (κ1) is 17.2. The van der Waals surface area contributed by atoms with E-state index in [1.807, 2.05) is 46.9 Å². The second-order valence-electron chi connectivity index (χ2n) is 2.75. The second-order valence-corrected chi connectivity index (χ2v) is 2.75. The van der Waals surface area contributed by atoms with Gasteiger partial charge in [-0.25, -0.2) is 0 Å². The lowest BCUT2D eigenvalue weighted by molar-refractivity contribution is 1.24. The fourth-order valence-electron chi connectivity index (χ4n) is 1.20. The lowest BCUT2D eigenvalue weighted by Gasteiger charge is -2.09. The van der Waals surface area contributed by atoms with E-state index in [9.17, 15) is 0 Å². The summed E-state index contributed by atoms with van der Waals surface area (Å²) in [5, 5.41) is 3.15. The first-order chi connectivity index (χ1) is 7.79. The van der Waals surface area contributed by atoms with Crippen molar-refractivity contribution >= 4 is 11.3 Å². The predicted octanol–water partition coefficient (Wildman–Crippen LogP) is 5.20. The van der Waals surface area contributed by atoms with E-state index >= 15 is 0 Å². The van der Waals surface area contributed by atoms with Crippen LogP contribution in [-0.2, 0) is 0 Å². The normalized spacial score (nSPS) is 7.88. The molecule has 1 heteroatoms. The maximum absolute atomic E-state index is 4.01. The summed E-state index contributed by atoms with van der Waals surface area (Å²) >= 11 is 0. The Morgan fingerprint density at radius 1 is 1.12 bits per heavy atom. The van der Waals surface area contributed by atoms with Crippen LogP contribution >= 0.6 is 0 Å². The Labute approximate surface area is 102 Å². The SMILES string of the molecule is C=C(CC)c1ccccc1NC.CC.CC. The van der Waals surface area contributed by atoms with E-state index in [0.29, 0.717) is 0 Å². The molecule has 0 aliphatic rings. The van der Waals surface area contributed by atoms with Gasteiger partial charge in [-0.2, -0.15) is 0 Å². The van der Waals surface area contributed by atoms with E-state index in [1.165, 1.54) is 11.1 Å². The first-order valence-electron chi connectivity index (χ1n) is 6.24. The van der Waals surface area contributed by atoms with Crippen molar-refractivity contribution in [1.82, 2.24) is 0 Å². The molecule has 0 atom stereocenters. The molecule has 0 unspecified atom stereocenters. The molecule has 0 heterocycles. The molecule has 1 aromatic carbocycles. The van der Waals surface area contributed by atoms with Gasteiger partial charge in [-0.05, 0) is 18.1 Å². The van der Waals surface area contributed by atoms with Gasteiger partial charge < -0.3 is 5.32 Å². The molecule has 1 rings (SSSR count). The van der Waals surface area contributed by atoms with E-state index in [2.05, 4.69) is 31.0 Å². The number of anilines is 1. The topological polar surface area (TPSA) is 12.0 Å². The highest BCUT2D eigenvalue weighted by molar-refractivity contribution is 5.74. The molecule has 1 aromatic rings. The van der Waals surface area contributed by atoms with Gasteiger partial charge in [-0.3, -0.25) is 0 Å². The van der Waals surface area contributed by atoms with Gasteiger partial charge in [-0.15, -0.1) is 0 Å². The number of allylic oxidation sites excluding steroid dienone is 1. The van der Waals surface area contributed by atoms with Crippen LogP contribution in [0.15, 0.2) is 30.8 Å². The number of hydrogen-bond donors (Lipinski definition) is 1. The van der Waals surface area contributed by atoms with E-state index in [0.717, 1.165) is 12.1 Å². The molecule has 0 radical (unpaired) electrons. The maximum atomic E-state index is 4.01. The molecule has 0 spiro atoms. The number of para-hydroxylation sites is 1. The van der Waals surface area contributed by atoms with Crippen molar-refractivity contribution in [3.05, 3.63) is 36.4 Å². The zero-order chi connectivity index (χ0) is 13.0. The van der Waals surface area contributed by atoms with E-state index < -0.39 is 0 Å². The third-order valence-electron chi connectivity index (χ3n) is 2.00. The molecule has 0 aliphatic carbocycles. The molecule has 0 aromatic heterocycles. The Morgan fingerprint density at radius 2 is 1.62 bits per heavy atom. The zero-order valence-corrected chi connectivity index (χ0v) is 11.7. The standard InChI is InChI=1S/C11H15N.2C2H6/c1-4-9(2)10-7-5-6-8-11(10)12-3;2*1-2/h5-8,12H,2,4H2,1,3H3;2*1-2H3. The fourth-order valence-corrected chi connectivity index (χ4v) is 1.20. The molecule has 0 amide bonds. The summed E-state index contributed by atoms with van der Waals surface area (Å²) < 4.78 is 0. The molecule has 1 N–H and O–H groups in total. The number of rotatable bonds is 3. The Balaban J connectivity index is 0. The predicted molar refractivity (Wildman–Crippen MR) is 78.0 cm³/mol. The van der Waals surface area contributed by atoms with Gasteiger partial charge in [0.25, 0.3) is 0 Å². The summed E-state index contributed by atoms with van der Waals surface area (Å²) in [7, 11) is 1.93. The van der Waals surface area contributed by atoms with Crippen molar-refractivity contribution in [1.29, 1.82) is 0 Å². The van der Waals surface area contributed by atoms with E-state index in [1.54, 1.807) is 0 Å². The van der Waals surface area contributed by atoms with Gasteiger partial charge in [0.1, 0.15) is 0 Å². The van der Waals surface area contributed by atoms with Crippen molar-refractivity contribution in [2.24, 2.45) is 0 Å². The minimum atomic E-state index is 0.999. The Kier molecular flexibility index (Phi) is 12.7. The molecule has 1 nitrogen and oxygen atoms in total. The summed E-state index contributed by atoms with van der Waals surface area (Å²) in [6.45, 7) is 14.1. The van der Waals surface area contributed by atoms with Crippen LogP contribution in [0.4, 0.5) is 5.69 Å². The quantitative estimate of drug-likeness (QED) is 0.739. The average molecular weight is 221 g/mol. The zero-order valence-electron chi connectivity index (χ0n) is 11.7. The maximum Gasteiger partial charge on any atom is 0.0413 e. The summed E-state index contributed by atoms with van der Waals surface area (Å²) in [5.41, 5.74) is 3.56. The van der Waals surface area contributed by atoms with Gasteiger partial charge in [0.05, 0.1) is 0 Å². The van der Waals surface area contributed by atoms with Gasteiger partial charge in [-0.1, -0.05) is 59.4 Å². The third-order valence-corrected chi connectivity index (χ3v) is 2.00. The van der Waals surface area contributed by atoms with Crippen LogP contribution in [-0.4, -0.2) is 7.05 Å². The monoisotopic (exact) mass is 221 g/mol. The van der Waals surface area contributed by atoms with Crippen LogP contribution < -0.4 is 5.32 Å². The van der Waals surface area contributed by atoms with Gasteiger partial charge in [0, 0.05) is 18.3 Å². The highest BCUT2D eigenvalue weighted by Gasteiger charge is 2.00. The first-order valence-corrected chi connectivity index (χ1v) is 6.24. The van der Waals surface area contributed by atoms with Crippen LogP contribution in [0, 0.1) is 0 Å². The minimum absolute atomic E-state index is 0.999. The van der Waals surface area contributed by atoms with Gasteiger partial charge in [0.2, 0.25) is 0 Å². The van der Waals surface area contributed by atoms with E-state index in [4.69, 9.17) is 0 Å². The van der Waals surface area contributed by atoms with Gasteiger partial charge >= 0.3 is 0 Å². The summed E-state index contributed by atoms with van der Waals surface area (Å²) in [6, 6.07) is 8.23. The molecule has 92 valence electrons. The van der Waals surface area contributed by atoms with Crippen molar-refractivity contribution in [3.8, 4) is 0 Å². The number of nitrogens with one attached hydrogen (secondary N) is 1. The van der Waals surface area contributed by atoms with Crippen LogP contribution in [0.25, 0.3) is 5.57 Å². The van der Waals surface area contributed by atoms with Crippen LogP contribution in [0.1, 0.15) is 46.6 Å². The second kappa shape index (κ2) is 11.8. The minimum Gasteiger partial charge on any atom is -0.388 e. The van der Waals surface area contributed by atoms with Crippen molar-refractivity contribution in [2.75, 3.05) is 12.4 Å². The van der Waals surface area contributed by atoms with Crippen LogP contribution in [0.2, 0.25) is 0 Å². The van der Waals surface area contributed by atoms with Crippen molar-refractivity contribution < 1.29 is 0 Å². The summed E-state index contributed by atoms with van der Waals surface area (Å²) in [4.78, 5) is 0. The Bertz CT molecular complexity index is 277. The highest BCUT2D eigenvalue weighted by atomic mass is 14.8. The third kappa shape index (κ3) is 5.59. The van der Waals surface area contributed by atoms with Crippen LogP contribution in [0.5, 0.6) is 0 Å². The summed E-state index contributed by atoms with van der Waals surface area (Å²) in [5.74, 6) is 0. The fraction of sp³-hybridized carbons (Fsp3) is 0.467. The van der Waals surface area contributed by atoms with Gasteiger partial charge in [0.15, 0.2) is 0 Å². The molecular weight excluding hydrogens is 194 g/mol. The largest absolute Gasteiger partial charge is 0.388 e. The molecule has 0 bridgehead atoms. The molecule has 0 aliphatic heterocycles. The number of benzene rings is 1. The molecule has 16 heavy (non-hydrogen) atoms. The lowest BCUT2D eigenvalue weighted by atomic mass is 10.0. The molecule has 0 saturated heterocycles. The molecule has 0 saturated carbocycles. The molecule has 0 fully saturated rings. The smallest absolute Gasteiger partial charge is 0.0413 e. The molecular formula is C15H27N. The van der Waals surface area contributed by atoms with Crippen molar-refractivity contribution in [2.45, 2.75) is 41.0 Å². The number of hydrogen-bond acceptors (Lipinski definition) is 1. The van der Waals surface area contributed by atoms with E-state index in [-0.39, 0.29) is 0 Å². The van der Waals surface area contributed by atoms with Crippen LogP contribution in [0.3, 0.4) is 0 Å². The summed E-state index contributed by atoms with van der Waals surface area (Å²) in [6.07, 6.45) is 0.999.